The maximum absolute atomic E-state index is 5.81. The lowest BCUT2D eigenvalue weighted by Crippen LogP contribution is -1.99. The molecule has 1 aromatic heterocycles. The van der Waals surface area contributed by atoms with E-state index in [9.17, 15) is 0 Å². The predicted molar refractivity (Wildman–Crippen MR) is 82.3 cm³/mol. The second-order valence-corrected chi connectivity index (χ2v) is 5.97. The van der Waals surface area contributed by atoms with E-state index in [0.717, 1.165) is 31.1 Å². The number of para-hydroxylation sites is 2. The largest absolute Gasteiger partial charge is 0.333 e. The van der Waals surface area contributed by atoms with E-state index in [4.69, 9.17) is 5.73 Å². The molecule has 0 aliphatic rings. The summed E-state index contributed by atoms with van der Waals surface area (Å²) in [6.07, 6.45) is 0. The van der Waals surface area contributed by atoms with Gasteiger partial charge in [-0.2, -0.15) is 0 Å². The van der Waals surface area contributed by atoms with Gasteiger partial charge in [-0.05, 0) is 29.8 Å². The molecule has 3 rings (SSSR count). The van der Waals surface area contributed by atoms with Crippen LogP contribution in [-0.4, -0.2) is 9.97 Å². The molecule has 3 nitrogen and oxygen atoms in total. The Labute approximate surface area is 123 Å². The van der Waals surface area contributed by atoms with Crippen molar-refractivity contribution in [2.75, 3.05) is 0 Å². The smallest absolute Gasteiger partial charge is 0.171 e. The predicted octanol–water partition coefficient (Wildman–Crippen LogP) is 3.94. The Bertz CT molecular complexity index is 691. The van der Waals surface area contributed by atoms with Crippen LogP contribution >= 0.6 is 27.7 Å². The number of H-pyrrole nitrogens is 1. The van der Waals surface area contributed by atoms with E-state index in [0.29, 0.717) is 6.54 Å². The number of hydrogen-bond acceptors (Lipinski definition) is 3. The molecule has 19 heavy (non-hydrogen) atoms. The SMILES string of the molecule is NCc1c(Br)cccc1Sc1nc2ccccc2[nH]1. The zero-order valence-corrected chi connectivity index (χ0v) is 12.5. The fourth-order valence-electron chi connectivity index (χ4n) is 1.91. The van der Waals surface area contributed by atoms with Gasteiger partial charge >= 0.3 is 0 Å². The first-order valence-corrected chi connectivity index (χ1v) is 7.49. The minimum absolute atomic E-state index is 0.504. The molecule has 0 saturated carbocycles. The van der Waals surface area contributed by atoms with Crippen molar-refractivity contribution in [3.63, 3.8) is 0 Å². The first kappa shape index (κ1) is 12.7. The van der Waals surface area contributed by atoms with Gasteiger partial charge in [0, 0.05) is 15.9 Å². The number of aromatic nitrogens is 2. The zero-order chi connectivity index (χ0) is 13.2. The Kier molecular flexibility index (Phi) is 3.59. The highest BCUT2D eigenvalue weighted by molar-refractivity contribution is 9.10. The second-order valence-electron chi connectivity index (χ2n) is 4.08. The molecule has 3 aromatic rings. The van der Waals surface area contributed by atoms with E-state index < -0.39 is 0 Å². The Balaban J connectivity index is 1.99. The molecule has 0 radical (unpaired) electrons. The first-order valence-electron chi connectivity index (χ1n) is 5.88. The van der Waals surface area contributed by atoms with Gasteiger partial charge in [-0.25, -0.2) is 4.98 Å². The van der Waals surface area contributed by atoms with Crippen molar-refractivity contribution in [2.45, 2.75) is 16.6 Å². The van der Waals surface area contributed by atoms with E-state index in [1.165, 1.54) is 0 Å². The summed E-state index contributed by atoms with van der Waals surface area (Å²) in [6, 6.07) is 14.1. The number of nitrogens with one attached hydrogen (secondary N) is 1. The number of nitrogens with two attached hydrogens (primary N) is 1. The van der Waals surface area contributed by atoms with Crippen LogP contribution in [0.5, 0.6) is 0 Å². The zero-order valence-electron chi connectivity index (χ0n) is 10.1. The quantitative estimate of drug-likeness (QED) is 0.763. The van der Waals surface area contributed by atoms with Gasteiger partial charge < -0.3 is 10.7 Å². The van der Waals surface area contributed by atoms with E-state index in [2.05, 4.69) is 32.0 Å². The summed E-state index contributed by atoms with van der Waals surface area (Å²) >= 11 is 5.13. The number of halogens is 1. The van der Waals surface area contributed by atoms with Gasteiger partial charge in [-0.1, -0.05) is 45.9 Å². The molecule has 0 unspecified atom stereocenters. The van der Waals surface area contributed by atoms with E-state index in [-0.39, 0.29) is 0 Å². The maximum Gasteiger partial charge on any atom is 0.171 e. The van der Waals surface area contributed by atoms with Crippen molar-refractivity contribution in [1.29, 1.82) is 0 Å². The highest BCUT2D eigenvalue weighted by Crippen LogP contribution is 2.33. The number of benzene rings is 2. The minimum Gasteiger partial charge on any atom is -0.333 e. The minimum atomic E-state index is 0.504. The van der Waals surface area contributed by atoms with Crippen LogP contribution in [0.15, 0.2) is 57.0 Å². The molecular weight excluding hydrogens is 322 g/mol. The Hall–Kier alpha value is -1.30. The lowest BCUT2D eigenvalue weighted by molar-refractivity contribution is 1.01. The van der Waals surface area contributed by atoms with Gasteiger partial charge in [0.2, 0.25) is 0 Å². The van der Waals surface area contributed by atoms with Crippen LogP contribution in [0, 0.1) is 0 Å². The van der Waals surface area contributed by atoms with Crippen LogP contribution in [0.3, 0.4) is 0 Å². The molecule has 0 spiro atoms. The first-order chi connectivity index (χ1) is 9.28. The Morgan fingerprint density at radius 1 is 1.16 bits per heavy atom. The second kappa shape index (κ2) is 5.36. The molecule has 2 aromatic carbocycles. The number of nitrogens with zero attached hydrogens (tertiary/aromatic N) is 1. The standard InChI is InChI=1S/C14H12BrN3S/c15-10-4-3-7-13(9(10)8-16)19-14-17-11-5-1-2-6-12(11)18-14/h1-7H,8,16H2,(H,17,18). The third-order valence-electron chi connectivity index (χ3n) is 2.85. The van der Waals surface area contributed by atoms with Gasteiger partial charge in [0.15, 0.2) is 5.16 Å². The molecule has 0 aliphatic carbocycles. The van der Waals surface area contributed by atoms with Crippen molar-refractivity contribution >= 4 is 38.7 Å². The molecule has 0 fully saturated rings. The summed E-state index contributed by atoms with van der Waals surface area (Å²) in [5.41, 5.74) is 8.94. The number of imidazole rings is 1. The molecule has 5 heteroatoms. The van der Waals surface area contributed by atoms with E-state index >= 15 is 0 Å². The third-order valence-corrected chi connectivity index (χ3v) is 4.59. The van der Waals surface area contributed by atoms with Crippen molar-refractivity contribution in [2.24, 2.45) is 5.73 Å². The number of aromatic amines is 1. The highest BCUT2D eigenvalue weighted by Gasteiger charge is 2.09. The van der Waals surface area contributed by atoms with Crippen LogP contribution in [0.25, 0.3) is 11.0 Å². The summed E-state index contributed by atoms with van der Waals surface area (Å²) in [4.78, 5) is 9.00. The van der Waals surface area contributed by atoms with Crippen LogP contribution in [0.1, 0.15) is 5.56 Å². The van der Waals surface area contributed by atoms with Gasteiger partial charge in [0.25, 0.3) is 0 Å². The summed E-state index contributed by atoms with van der Waals surface area (Å²) in [6.45, 7) is 0.504. The summed E-state index contributed by atoms with van der Waals surface area (Å²) < 4.78 is 1.04. The third kappa shape index (κ3) is 2.54. The molecule has 1 heterocycles. The van der Waals surface area contributed by atoms with Crippen LogP contribution in [0.2, 0.25) is 0 Å². The number of hydrogen-bond donors (Lipinski definition) is 2. The van der Waals surface area contributed by atoms with Gasteiger partial charge in [-0.3, -0.25) is 0 Å². The van der Waals surface area contributed by atoms with Crippen molar-refractivity contribution in [3.05, 3.63) is 52.5 Å². The fourth-order valence-corrected chi connectivity index (χ4v) is 3.55. The summed E-state index contributed by atoms with van der Waals surface area (Å²) in [7, 11) is 0. The normalized spacial score (nSPS) is 11.1. The van der Waals surface area contributed by atoms with E-state index in [1.54, 1.807) is 11.8 Å². The van der Waals surface area contributed by atoms with Crippen LogP contribution < -0.4 is 5.73 Å². The van der Waals surface area contributed by atoms with Crippen molar-refractivity contribution < 1.29 is 0 Å². The van der Waals surface area contributed by atoms with Crippen LogP contribution in [-0.2, 0) is 6.54 Å². The molecule has 0 bridgehead atoms. The molecule has 96 valence electrons. The van der Waals surface area contributed by atoms with Gasteiger partial charge in [0.1, 0.15) is 0 Å². The Morgan fingerprint density at radius 3 is 2.79 bits per heavy atom. The van der Waals surface area contributed by atoms with E-state index in [1.807, 2.05) is 36.4 Å². The Morgan fingerprint density at radius 2 is 2.00 bits per heavy atom. The average Bonchev–Trinajstić information content (AvgIpc) is 2.81. The molecule has 3 N–H and O–H groups in total. The topological polar surface area (TPSA) is 54.7 Å². The molecule has 0 saturated heterocycles. The highest BCUT2D eigenvalue weighted by atomic mass is 79.9. The van der Waals surface area contributed by atoms with Crippen molar-refractivity contribution in [1.82, 2.24) is 9.97 Å². The molecule has 0 atom stereocenters. The lowest BCUT2D eigenvalue weighted by atomic mass is 10.2. The van der Waals surface area contributed by atoms with Gasteiger partial charge in [0.05, 0.1) is 11.0 Å². The van der Waals surface area contributed by atoms with Gasteiger partial charge in [-0.15, -0.1) is 0 Å². The molecule has 0 amide bonds. The summed E-state index contributed by atoms with van der Waals surface area (Å²) in [5, 5.41) is 0.883. The monoisotopic (exact) mass is 333 g/mol. The fraction of sp³-hybridized carbons (Fsp3) is 0.0714. The molecule has 0 aliphatic heterocycles. The number of fused-ring (bicyclic) bond motifs is 1. The maximum atomic E-state index is 5.81. The lowest BCUT2D eigenvalue weighted by Gasteiger charge is -2.07. The number of rotatable bonds is 3. The summed E-state index contributed by atoms with van der Waals surface area (Å²) in [5.74, 6) is 0. The average molecular weight is 334 g/mol. The van der Waals surface area contributed by atoms with Crippen molar-refractivity contribution in [3.8, 4) is 0 Å². The molecular formula is C14H12BrN3S. The van der Waals surface area contributed by atoms with Crippen LogP contribution in [0.4, 0.5) is 0 Å².